The smallest absolute Gasteiger partial charge is 0.341 e. The minimum absolute atomic E-state index is 0.133. The molecule has 1 atom stereocenters. The number of methoxy groups -OCH3 is 1. The van der Waals surface area contributed by atoms with Gasteiger partial charge in [0.15, 0.2) is 0 Å². The number of aryl methyl sites for hydroxylation is 1. The quantitative estimate of drug-likeness (QED) is 0.0866. The first-order valence-electron chi connectivity index (χ1n) is 15.2. The van der Waals surface area contributed by atoms with E-state index in [1.165, 1.54) is 54.5 Å². The molecule has 11 heteroatoms. The fourth-order valence-electron chi connectivity index (χ4n) is 5.19. The van der Waals surface area contributed by atoms with E-state index in [4.69, 9.17) is 4.74 Å². The normalized spacial score (nSPS) is 13.2. The summed E-state index contributed by atoms with van der Waals surface area (Å²) in [6.45, 7) is 1.90. The molecule has 0 fully saturated rings. The molecule has 8 nitrogen and oxygen atoms in total. The number of hydrogen-bond acceptors (Lipinski definition) is 7. The van der Waals surface area contributed by atoms with Crippen LogP contribution in [0.15, 0.2) is 89.5 Å². The topological polar surface area (TPSA) is 114 Å². The molecular formula is C36H34FN3O5S2. The van der Waals surface area contributed by atoms with Gasteiger partial charge in [0.25, 0.3) is 11.8 Å². The standard InChI is InChI=1S/C36H34FN3O5S2/c1-3-29(34(43)40-35-31(36(44)45-2)26-17-8-10-19-30(26)47-35)46-25-16-11-15-24(21-25)38-33(42)28(20-23-14-7-9-18-27(23)37)39-32(41)22-12-5-4-6-13-22/h4-7,9,11-16,18,20-21,29H,3,8,10,17,19H2,1-2H3,(H,38,42)(H,39,41)(H,40,43)/b28-20-. The van der Waals surface area contributed by atoms with E-state index >= 15 is 0 Å². The van der Waals surface area contributed by atoms with Crippen molar-refractivity contribution in [1.82, 2.24) is 5.32 Å². The van der Waals surface area contributed by atoms with Gasteiger partial charge in [-0.3, -0.25) is 14.4 Å². The van der Waals surface area contributed by atoms with E-state index in [2.05, 4.69) is 16.0 Å². The molecule has 3 amide bonds. The molecule has 47 heavy (non-hydrogen) atoms. The van der Waals surface area contributed by atoms with Gasteiger partial charge in [0.2, 0.25) is 5.91 Å². The zero-order valence-corrected chi connectivity index (χ0v) is 27.6. The third kappa shape index (κ3) is 8.35. The van der Waals surface area contributed by atoms with Gasteiger partial charge in [-0.2, -0.15) is 0 Å². The number of halogens is 1. The van der Waals surface area contributed by atoms with Gasteiger partial charge in [-0.15, -0.1) is 23.1 Å². The van der Waals surface area contributed by atoms with Crippen molar-refractivity contribution in [3.8, 4) is 0 Å². The van der Waals surface area contributed by atoms with Crippen LogP contribution in [-0.2, 0) is 27.2 Å². The van der Waals surface area contributed by atoms with Crippen molar-refractivity contribution in [3.05, 3.63) is 118 Å². The van der Waals surface area contributed by atoms with Gasteiger partial charge in [0.1, 0.15) is 16.5 Å². The number of hydrogen-bond donors (Lipinski definition) is 3. The molecule has 1 heterocycles. The third-order valence-electron chi connectivity index (χ3n) is 7.56. The van der Waals surface area contributed by atoms with Crippen LogP contribution < -0.4 is 16.0 Å². The monoisotopic (exact) mass is 671 g/mol. The largest absolute Gasteiger partial charge is 0.465 e. The molecular weight excluding hydrogens is 638 g/mol. The molecule has 1 aromatic heterocycles. The first-order valence-corrected chi connectivity index (χ1v) is 16.9. The lowest BCUT2D eigenvalue weighted by molar-refractivity contribution is -0.116. The van der Waals surface area contributed by atoms with Crippen LogP contribution in [0.4, 0.5) is 15.1 Å². The summed E-state index contributed by atoms with van der Waals surface area (Å²) in [5, 5.41) is 8.40. The van der Waals surface area contributed by atoms with Crippen molar-refractivity contribution in [2.24, 2.45) is 0 Å². The van der Waals surface area contributed by atoms with E-state index in [0.717, 1.165) is 41.0 Å². The first-order chi connectivity index (χ1) is 22.8. The van der Waals surface area contributed by atoms with Gasteiger partial charge < -0.3 is 20.7 Å². The summed E-state index contributed by atoms with van der Waals surface area (Å²) in [4.78, 5) is 54.4. The van der Waals surface area contributed by atoms with E-state index in [1.807, 2.05) is 13.0 Å². The number of carbonyl (C=O) groups excluding carboxylic acids is 4. The Morgan fingerprint density at radius 3 is 2.45 bits per heavy atom. The summed E-state index contributed by atoms with van der Waals surface area (Å²) in [5.74, 6) is -2.41. The summed E-state index contributed by atoms with van der Waals surface area (Å²) in [7, 11) is 1.34. The van der Waals surface area contributed by atoms with Crippen molar-refractivity contribution in [1.29, 1.82) is 0 Å². The Kier molecular flexibility index (Phi) is 11.2. The zero-order chi connectivity index (χ0) is 33.3. The molecule has 0 saturated heterocycles. The molecule has 1 aliphatic carbocycles. The summed E-state index contributed by atoms with van der Waals surface area (Å²) in [6, 6.07) is 21.3. The van der Waals surface area contributed by atoms with Crippen LogP contribution >= 0.6 is 23.1 Å². The molecule has 3 aromatic carbocycles. The lowest BCUT2D eigenvalue weighted by atomic mass is 9.95. The van der Waals surface area contributed by atoms with Crippen molar-refractivity contribution >= 4 is 63.6 Å². The number of nitrogens with one attached hydrogen (secondary N) is 3. The maximum Gasteiger partial charge on any atom is 0.341 e. The number of thioether (sulfide) groups is 1. The molecule has 5 rings (SSSR count). The van der Waals surface area contributed by atoms with E-state index in [1.54, 1.807) is 54.6 Å². The second-order valence-corrected chi connectivity index (χ2v) is 13.2. The predicted molar refractivity (Wildman–Crippen MR) is 184 cm³/mol. The van der Waals surface area contributed by atoms with Crippen molar-refractivity contribution in [2.75, 3.05) is 17.7 Å². The highest BCUT2D eigenvalue weighted by molar-refractivity contribution is 8.00. The minimum Gasteiger partial charge on any atom is -0.465 e. The van der Waals surface area contributed by atoms with Gasteiger partial charge in [-0.25, -0.2) is 9.18 Å². The van der Waals surface area contributed by atoms with Crippen LogP contribution in [0.1, 0.15) is 62.9 Å². The number of benzene rings is 3. The Labute approximate surface area is 280 Å². The lowest BCUT2D eigenvalue weighted by Crippen LogP contribution is -2.30. The zero-order valence-electron chi connectivity index (χ0n) is 25.9. The molecule has 1 unspecified atom stereocenters. The maximum absolute atomic E-state index is 14.5. The van der Waals surface area contributed by atoms with Gasteiger partial charge in [0, 0.05) is 26.6 Å². The molecule has 4 aromatic rings. The maximum atomic E-state index is 14.5. The van der Waals surface area contributed by atoms with Gasteiger partial charge in [-0.05, 0) is 80.1 Å². The Morgan fingerprint density at radius 1 is 0.957 bits per heavy atom. The van der Waals surface area contributed by atoms with Crippen LogP contribution in [0.2, 0.25) is 0 Å². The highest BCUT2D eigenvalue weighted by atomic mass is 32.2. The number of anilines is 2. The fourth-order valence-corrected chi connectivity index (χ4v) is 7.48. The molecule has 0 saturated carbocycles. The fraction of sp³-hybridized carbons (Fsp3) is 0.222. The number of carbonyl (C=O) groups is 4. The minimum atomic E-state index is -0.651. The summed E-state index contributed by atoms with van der Waals surface area (Å²) < 4.78 is 19.5. The van der Waals surface area contributed by atoms with Crippen molar-refractivity contribution in [3.63, 3.8) is 0 Å². The van der Waals surface area contributed by atoms with E-state index in [0.29, 0.717) is 28.2 Å². The van der Waals surface area contributed by atoms with E-state index in [9.17, 15) is 23.6 Å². The van der Waals surface area contributed by atoms with Crippen LogP contribution in [0, 0.1) is 5.82 Å². The van der Waals surface area contributed by atoms with Gasteiger partial charge in [0.05, 0.1) is 17.9 Å². The number of rotatable bonds is 11. The molecule has 0 spiro atoms. The van der Waals surface area contributed by atoms with Crippen molar-refractivity contribution in [2.45, 2.75) is 49.2 Å². The number of amides is 3. The molecule has 0 radical (unpaired) electrons. The average molecular weight is 672 g/mol. The number of ether oxygens (including phenoxy) is 1. The second-order valence-electron chi connectivity index (χ2n) is 10.8. The van der Waals surface area contributed by atoms with Crippen LogP contribution in [0.25, 0.3) is 6.08 Å². The van der Waals surface area contributed by atoms with E-state index in [-0.39, 0.29) is 17.2 Å². The molecule has 3 N–H and O–H groups in total. The highest BCUT2D eigenvalue weighted by Gasteiger charge is 2.28. The van der Waals surface area contributed by atoms with Gasteiger partial charge >= 0.3 is 5.97 Å². The Hall–Kier alpha value is -4.74. The summed E-state index contributed by atoms with van der Waals surface area (Å²) >= 11 is 2.76. The first kappa shape index (κ1) is 33.6. The number of fused-ring (bicyclic) bond motifs is 1. The molecule has 242 valence electrons. The number of thiophene rings is 1. The molecule has 0 bridgehead atoms. The van der Waals surface area contributed by atoms with Crippen molar-refractivity contribution < 1.29 is 28.3 Å². The SMILES string of the molecule is CCC(Sc1cccc(NC(=O)/C(=C/c2ccccc2F)NC(=O)c2ccccc2)c1)C(=O)Nc1sc2c(c1C(=O)OC)CCCC2. The Balaban J connectivity index is 1.32. The second kappa shape index (κ2) is 15.7. The van der Waals surface area contributed by atoms with Gasteiger partial charge in [-0.1, -0.05) is 49.4 Å². The molecule has 1 aliphatic rings. The van der Waals surface area contributed by atoms with Crippen LogP contribution in [0.5, 0.6) is 0 Å². The van der Waals surface area contributed by atoms with Crippen LogP contribution in [-0.4, -0.2) is 36.1 Å². The summed E-state index contributed by atoms with van der Waals surface area (Å²) in [6.07, 6.45) is 5.48. The third-order valence-corrected chi connectivity index (χ3v) is 10.1. The Bertz CT molecular complexity index is 1820. The Morgan fingerprint density at radius 2 is 1.70 bits per heavy atom. The number of esters is 1. The predicted octanol–water partition coefficient (Wildman–Crippen LogP) is 7.47. The van der Waals surface area contributed by atoms with Crippen LogP contribution in [0.3, 0.4) is 0 Å². The lowest BCUT2D eigenvalue weighted by Gasteiger charge is -2.16. The average Bonchev–Trinajstić information content (AvgIpc) is 3.45. The summed E-state index contributed by atoms with van der Waals surface area (Å²) in [5.41, 5.74) is 2.16. The highest BCUT2D eigenvalue weighted by Crippen LogP contribution is 2.39. The van der Waals surface area contributed by atoms with E-state index < -0.39 is 28.9 Å². The molecule has 0 aliphatic heterocycles.